The Labute approximate surface area is 165 Å². The summed E-state index contributed by atoms with van der Waals surface area (Å²) in [4.78, 5) is 12.2. The quantitative estimate of drug-likeness (QED) is 0.599. The fourth-order valence-corrected chi connectivity index (χ4v) is 7.58. The maximum absolute atomic E-state index is 12.2. The molecule has 2 saturated carbocycles. The van der Waals surface area contributed by atoms with Crippen LogP contribution in [0.4, 0.5) is 0 Å². The van der Waals surface area contributed by atoms with E-state index >= 15 is 0 Å². The topological polar surface area (TPSA) is 57.5 Å². The Balaban J connectivity index is 1.75. The number of benzene rings is 1. The van der Waals surface area contributed by atoms with E-state index in [1.165, 1.54) is 11.1 Å². The van der Waals surface area contributed by atoms with Crippen LogP contribution in [-0.2, 0) is 11.2 Å². The molecule has 5 atom stereocenters. The minimum absolute atomic E-state index is 0.0671. The van der Waals surface area contributed by atoms with E-state index in [4.69, 9.17) is 0 Å². The summed E-state index contributed by atoms with van der Waals surface area (Å²) in [5, 5.41) is 21.4. The van der Waals surface area contributed by atoms with Gasteiger partial charge in [0.25, 0.3) is 0 Å². The van der Waals surface area contributed by atoms with Crippen LogP contribution in [0, 0.1) is 17.3 Å². The number of hydrogen-bond donors (Lipinski definition) is 2. The van der Waals surface area contributed by atoms with Crippen molar-refractivity contribution in [3.63, 3.8) is 0 Å². The molecule has 0 aromatic heterocycles. The van der Waals surface area contributed by atoms with Crippen LogP contribution in [0.2, 0.25) is 0 Å². The Morgan fingerprint density at radius 1 is 1.24 bits per heavy atom. The Morgan fingerprint density at radius 2 is 1.96 bits per heavy atom. The van der Waals surface area contributed by atoms with E-state index in [0.29, 0.717) is 24.2 Å². The van der Waals surface area contributed by atoms with Crippen LogP contribution in [0.1, 0.15) is 63.0 Å². The number of carbonyl (C=O) groups is 1. The lowest BCUT2D eigenvalue weighted by Gasteiger charge is -2.52. The second-order valence-corrected chi connectivity index (χ2v) is 10.1. The molecule has 25 heavy (non-hydrogen) atoms. The van der Waals surface area contributed by atoms with Crippen LogP contribution in [-0.4, -0.2) is 21.6 Å². The molecule has 4 rings (SSSR count). The van der Waals surface area contributed by atoms with Crippen LogP contribution >= 0.6 is 31.9 Å². The van der Waals surface area contributed by atoms with Gasteiger partial charge in [0.15, 0.2) is 5.78 Å². The molecule has 3 aliphatic rings. The Hall–Kier alpha value is -0.390. The number of fused-ring (bicyclic) bond motifs is 5. The zero-order valence-corrected chi connectivity index (χ0v) is 17.8. The lowest BCUT2D eigenvalue weighted by atomic mass is 9.53. The van der Waals surface area contributed by atoms with Crippen molar-refractivity contribution in [2.24, 2.45) is 17.3 Å². The molecule has 5 heteroatoms. The Morgan fingerprint density at radius 3 is 2.64 bits per heavy atom. The van der Waals surface area contributed by atoms with E-state index in [2.05, 4.69) is 44.8 Å². The molecule has 0 bridgehead atoms. The molecule has 0 aliphatic heterocycles. The van der Waals surface area contributed by atoms with Gasteiger partial charge in [0, 0.05) is 5.41 Å². The number of phenols is 1. The summed E-state index contributed by atoms with van der Waals surface area (Å²) in [6, 6.07) is 2.08. The van der Waals surface area contributed by atoms with Gasteiger partial charge in [-0.2, -0.15) is 0 Å². The van der Waals surface area contributed by atoms with Crippen molar-refractivity contribution in [1.29, 1.82) is 0 Å². The summed E-state index contributed by atoms with van der Waals surface area (Å²) in [5.74, 6) is 1.55. The van der Waals surface area contributed by atoms with Gasteiger partial charge in [-0.25, -0.2) is 0 Å². The average Bonchev–Trinajstić information content (AvgIpc) is 2.85. The zero-order valence-electron chi connectivity index (χ0n) is 14.6. The second kappa shape index (κ2) is 5.80. The third-order valence-electron chi connectivity index (χ3n) is 7.63. The highest BCUT2D eigenvalue weighted by Crippen LogP contribution is 2.65. The predicted octanol–water partition coefficient (Wildman–Crippen LogP) is 5.09. The highest BCUT2D eigenvalue weighted by molar-refractivity contribution is 9.11. The summed E-state index contributed by atoms with van der Waals surface area (Å²) in [5.41, 5.74) is 1.10. The first-order valence-corrected chi connectivity index (χ1v) is 10.7. The lowest BCUT2D eigenvalue weighted by Crippen LogP contribution is -2.54. The van der Waals surface area contributed by atoms with Crippen LogP contribution in [0.3, 0.4) is 0 Å². The highest BCUT2D eigenvalue weighted by atomic mass is 79.9. The molecule has 0 saturated heterocycles. The number of rotatable bonds is 1. The molecular weight excluding hydrogens is 448 g/mol. The van der Waals surface area contributed by atoms with Gasteiger partial charge in [-0.3, -0.25) is 4.79 Å². The molecule has 0 radical (unpaired) electrons. The van der Waals surface area contributed by atoms with Crippen molar-refractivity contribution in [2.75, 3.05) is 0 Å². The number of aliphatic hydroxyl groups is 1. The number of Topliss-reactive ketones (excluding diaryl/α,β-unsaturated/α-hetero) is 1. The predicted molar refractivity (Wildman–Crippen MR) is 104 cm³/mol. The molecule has 0 heterocycles. The van der Waals surface area contributed by atoms with Gasteiger partial charge in [0.1, 0.15) is 11.4 Å². The maximum atomic E-state index is 12.2. The minimum atomic E-state index is -1.15. The molecule has 2 N–H and O–H groups in total. The van der Waals surface area contributed by atoms with E-state index in [0.717, 1.165) is 41.0 Å². The minimum Gasteiger partial charge on any atom is -0.506 e. The number of phenolic OH excluding ortho intramolecular Hbond substituents is 1. The third-order valence-corrected chi connectivity index (χ3v) is 9.09. The summed E-state index contributed by atoms with van der Waals surface area (Å²) >= 11 is 7.05. The van der Waals surface area contributed by atoms with Gasteiger partial charge in [-0.05, 0) is 112 Å². The van der Waals surface area contributed by atoms with Crippen LogP contribution < -0.4 is 0 Å². The fraction of sp³-hybridized carbons (Fsp3) is 0.650. The van der Waals surface area contributed by atoms with Gasteiger partial charge < -0.3 is 10.2 Å². The van der Waals surface area contributed by atoms with Gasteiger partial charge in [0.2, 0.25) is 0 Å². The molecule has 3 aliphatic carbocycles. The normalized spacial score (nSPS) is 39.5. The molecule has 0 unspecified atom stereocenters. The van der Waals surface area contributed by atoms with Crippen molar-refractivity contribution in [3.8, 4) is 5.75 Å². The molecular formula is C20H24Br2O3. The first kappa shape index (κ1) is 18.0. The third kappa shape index (κ3) is 2.28. The molecule has 0 amide bonds. The van der Waals surface area contributed by atoms with Gasteiger partial charge in [-0.15, -0.1) is 0 Å². The maximum Gasteiger partial charge on any atom is 0.161 e. The number of ketones is 1. The van der Waals surface area contributed by atoms with Crippen molar-refractivity contribution < 1.29 is 15.0 Å². The molecule has 1 aromatic rings. The van der Waals surface area contributed by atoms with E-state index < -0.39 is 5.60 Å². The molecule has 3 nitrogen and oxygen atoms in total. The standard InChI is InChI=1S/C20H24Br2O3/c1-10(23)20(25)8-6-15-12-3-4-13-14(9-16(21)18(24)17(13)22)11(12)5-7-19(15,20)2/h9,11-12,15,24-25H,3-8H2,1-2H3/t11-,12+,15-,19-,20+/m0/s1. The molecule has 1 aromatic carbocycles. The summed E-state index contributed by atoms with van der Waals surface area (Å²) < 4.78 is 1.55. The molecule has 2 fully saturated rings. The molecule has 0 spiro atoms. The molecule has 136 valence electrons. The van der Waals surface area contributed by atoms with Crippen molar-refractivity contribution >= 4 is 37.6 Å². The monoisotopic (exact) mass is 470 g/mol. The van der Waals surface area contributed by atoms with Crippen LogP contribution in [0.15, 0.2) is 15.0 Å². The first-order valence-electron chi connectivity index (χ1n) is 9.14. The Bertz CT molecular complexity index is 762. The SMILES string of the molecule is CC(=O)[C@]1(O)CC[C@H]2[C@@H]3CCc4c(cc(Br)c(O)c4Br)[C@H]3CC[C@@]21C. The number of carbonyl (C=O) groups excluding carboxylic acids is 1. The van der Waals surface area contributed by atoms with Crippen LogP contribution in [0.25, 0.3) is 0 Å². The second-order valence-electron chi connectivity index (χ2n) is 8.42. The summed E-state index contributed by atoms with van der Waals surface area (Å²) in [7, 11) is 0. The van der Waals surface area contributed by atoms with Gasteiger partial charge in [0.05, 0.1) is 8.95 Å². The first-order chi connectivity index (χ1) is 11.7. The van der Waals surface area contributed by atoms with Gasteiger partial charge in [-0.1, -0.05) is 6.92 Å². The number of hydrogen-bond acceptors (Lipinski definition) is 3. The van der Waals surface area contributed by atoms with E-state index in [1.807, 2.05) is 0 Å². The fourth-order valence-electron chi connectivity index (χ4n) is 6.23. The summed E-state index contributed by atoms with van der Waals surface area (Å²) in [6.07, 6.45) is 5.40. The largest absolute Gasteiger partial charge is 0.506 e. The van der Waals surface area contributed by atoms with E-state index in [1.54, 1.807) is 6.92 Å². The number of halogens is 2. The highest BCUT2D eigenvalue weighted by Gasteiger charge is 2.63. The van der Waals surface area contributed by atoms with Crippen LogP contribution in [0.5, 0.6) is 5.75 Å². The van der Waals surface area contributed by atoms with Crippen molar-refractivity contribution in [1.82, 2.24) is 0 Å². The zero-order chi connectivity index (χ0) is 18.1. The Kier molecular flexibility index (Phi) is 4.18. The van der Waals surface area contributed by atoms with Crippen molar-refractivity contribution in [2.45, 2.75) is 63.9 Å². The van der Waals surface area contributed by atoms with Gasteiger partial charge >= 0.3 is 0 Å². The average molecular weight is 472 g/mol. The van der Waals surface area contributed by atoms with E-state index in [-0.39, 0.29) is 16.9 Å². The summed E-state index contributed by atoms with van der Waals surface area (Å²) in [6.45, 7) is 3.69. The lowest BCUT2D eigenvalue weighted by molar-refractivity contribution is -0.154. The van der Waals surface area contributed by atoms with Crippen molar-refractivity contribution in [3.05, 3.63) is 26.1 Å². The van der Waals surface area contributed by atoms with E-state index in [9.17, 15) is 15.0 Å². The number of aromatic hydroxyl groups is 1. The smallest absolute Gasteiger partial charge is 0.161 e.